The van der Waals surface area contributed by atoms with E-state index in [-0.39, 0.29) is 13.2 Å². The van der Waals surface area contributed by atoms with Crippen molar-refractivity contribution in [1.29, 1.82) is 0 Å². The first-order chi connectivity index (χ1) is 10.0. The van der Waals surface area contributed by atoms with Gasteiger partial charge in [0.25, 0.3) is 0 Å². The Balaban J connectivity index is 2.02. The molecule has 1 aromatic carbocycles. The first-order valence-corrected chi connectivity index (χ1v) is 6.94. The van der Waals surface area contributed by atoms with Crippen molar-refractivity contribution >= 4 is 11.3 Å². The van der Waals surface area contributed by atoms with E-state index in [1.807, 2.05) is 11.4 Å². The van der Waals surface area contributed by atoms with Gasteiger partial charge < -0.3 is 10.5 Å². The quantitative estimate of drug-likeness (QED) is 0.878. The minimum atomic E-state index is -4.34. The summed E-state index contributed by atoms with van der Waals surface area (Å²) in [5.41, 5.74) is 5.45. The molecule has 6 heteroatoms. The number of hydrogen-bond donors (Lipinski definition) is 1. The number of halogens is 3. The third kappa shape index (κ3) is 4.25. The number of benzene rings is 1. The van der Waals surface area contributed by atoms with Gasteiger partial charge in [-0.3, -0.25) is 0 Å². The van der Waals surface area contributed by atoms with Crippen LogP contribution in [0.4, 0.5) is 13.2 Å². The first kappa shape index (κ1) is 15.4. The molecule has 2 aromatic rings. The van der Waals surface area contributed by atoms with E-state index in [0.29, 0.717) is 5.75 Å². The summed E-state index contributed by atoms with van der Waals surface area (Å²) in [5, 5.41) is 1.88. The normalized spacial score (nSPS) is 10.9. The molecule has 2 N–H and O–H groups in total. The average Bonchev–Trinajstić information content (AvgIpc) is 2.90. The molecule has 0 bridgehead atoms. The van der Waals surface area contributed by atoms with Crippen molar-refractivity contribution in [3.05, 3.63) is 51.7 Å². The van der Waals surface area contributed by atoms with Crippen molar-refractivity contribution in [2.45, 2.75) is 12.8 Å². The summed E-state index contributed by atoms with van der Waals surface area (Å²) in [4.78, 5) is 0.913. The highest BCUT2D eigenvalue weighted by Crippen LogP contribution is 2.30. The minimum absolute atomic E-state index is 0.262. The Bertz CT molecular complexity index is 650. The smallest absolute Gasteiger partial charge is 0.416 e. The lowest BCUT2D eigenvalue weighted by atomic mass is 10.2. The molecule has 2 rings (SSSR count). The second-order valence-corrected chi connectivity index (χ2v) is 5.07. The summed E-state index contributed by atoms with van der Waals surface area (Å²) in [5.74, 6) is 6.07. The lowest BCUT2D eigenvalue weighted by Crippen LogP contribution is -2.04. The molecular formula is C15H12F3NOS. The van der Waals surface area contributed by atoms with Crippen LogP contribution in [0, 0.1) is 11.8 Å². The maximum atomic E-state index is 12.4. The first-order valence-electron chi connectivity index (χ1n) is 6.06. The van der Waals surface area contributed by atoms with Gasteiger partial charge in [0.2, 0.25) is 0 Å². The SMILES string of the molecule is NCC#Cc1ccsc1COc1ccc(C(F)(F)F)cc1. The zero-order valence-corrected chi connectivity index (χ0v) is 11.7. The predicted octanol–water partition coefficient (Wildman–Crippen LogP) is 3.66. The van der Waals surface area contributed by atoms with Crippen LogP contribution in [0.1, 0.15) is 16.0 Å². The molecule has 1 aromatic heterocycles. The van der Waals surface area contributed by atoms with Gasteiger partial charge in [-0.25, -0.2) is 0 Å². The van der Waals surface area contributed by atoms with Crippen LogP contribution in [0.2, 0.25) is 0 Å². The van der Waals surface area contributed by atoms with Crippen LogP contribution in [0.25, 0.3) is 0 Å². The Labute approximate surface area is 124 Å². The maximum absolute atomic E-state index is 12.4. The Morgan fingerprint density at radius 1 is 1.14 bits per heavy atom. The van der Waals surface area contributed by atoms with Gasteiger partial charge in [-0.15, -0.1) is 11.3 Å². The minimum Gasteiger partial charge on any atom is -0.488 e. The summed E-state index contributed by atoms with van der Waals surface area (Å²) in [7, 11) is 0. The van der Waals surface area contributed by atoms with E-state index < -0.39 is 11.7 Å². The molecule has 21 heavy (non-hydrogen) atoms. The highest BCUT2D eigenvalue weighted by molar-refractivity contribution is 7.10. The monoisotopic (exact) mass is 311 g/mol. The molecule has 0 amide bonds. The van der Waals surface area contributed by atoms with E-state index in [1.165, 1.54) is 23.5 Å². The van der Waals surface area contributed by atoms with Crippen LogP contribution in [0.5, 0.6) is 5.75 Å². The van der Waals surface area contributed by atoms with Crippen LogP contribution in [0.3, 0.4) is 0 Å². The second-order valence-electron chi connectivity index (χ2n) is 4.07. The van der Waals surface area contributed by atoms with Crippen molar-refractivity contribution in [1.82, 2.24) is 0 Å². The summed E-state index contributed by atoms with van der Waals surface area (Å²) >= 11 is 1.48. The fourth-order valence-corrected chi connectivity index (χ4v) is 2.34. The van der Waals surface area contributed by atoms with Crippen molar-refractivity contribution in [2.75, 3.05) is 6.54 Å². The molecule has 2 nitrogen and oxygen atoms in total. The predicted molar refractivity (Wildman–Crippen MR) is 76.0 cm³/mol. The molecule has 0 saturated heterocycles. The van der Waals surface area contributed by atoms with Crippen molar-refractivity contribution in [2.24, 2.45) is 5.73 Å². The highest BCUT2D eigenvalue weighted by atomic mass is 32.1. The van der Waals surface area contributed by atoms with E-state index in [9.17, 15) is 13.2 Å². The number of ether oxygens (including phenoxy) is 1. The van der Waals surface area contributed by atoms with Gasteiger partial charge in [-0.05, 0) is 35.7 Å². The maximum Gasteiger partial charge on any atom is 0.416 e. The van der Waals surface area contributed by atoms with Crippen LogP contribution in [-0.2, 0) is 12.8 Å². The van der Waals surface area contributed by atoms with Crippen LogP contribution in [-0.4, -0.2) is 6.54 Å². The molecule has 0 aliphatic rings. The van der Waals surface area contributed by atoms with Crippen molar-refractivity contribution < 1.29 is 17.9 Å². The van der Waals surface area contributed by atoms with Crippen molar-refractivity contribution in [3.8, 4) is 17.6 Å². The largest absolute Gasteiger partial charge is 0.488 e. The van der Waals surface area contributed by atoms with Gasteiger partial charge in [0.1, 0.15) is 12.4 Å². The van der Waals surface area contributed by atoms with Gasteiger partial charge in [0.05, 0.1) is 17.0 Å². The molecule has 0 spiro atoms. The van der Waals surface area contributed by atoms with E-state index in [2.05, 4.69) is 11.8 Å². The fraction of sp³-hybridized carbons (Fsp3) is 0.200. The zero-order chi connectivity index (χ0) is 15.3. The van der Waals surface area contributed by atoms with E-state index in [4.69, 9.17) is 10.5 Å². The Kier molecular flexibility index (Phi) is 4.89. The van der Waals surface area contributed by atoms with Gasteiger partial charge in [-0.1, -0.05) is 11.8 Å². The molecule has 0 unspecified atom stereocenters. The molecule has 0 fully saturated rings. The van der Waals surface area contributed by atoms with Crippen LogP contribution >= 0.6 is 11.3 Å². The number of rotatable bonds is 3. The van der Waals surface area contributed by atoms with Gasteiger partial charge >= 0.3 is 6.18 Å². The van der Waals surface area contributed by atoms with Gasteiger partial charge in [0.15, 0.2) is 0 Å². The summed E-state index contributed by atoms with van der Waals surface area (Å²) in [6, 6.07) is 6.47. The number of alkyl halides is 3. The number of nitrogens with two attached hydrogens (primary N) is 1. The summed E-state index contributed by atoms with van der Waals surface area (Å²) < 4.78 is 42.8. The third-order valence-corrected chi connectivity index (χ3v) is 3.52. The summed E-state index contributed by atoms with van der Waals surface area (Å²) in [6.07, 6.45) is -4.34. The Hall–Kier alpha value is -1.97. The molecule has 0 aliphatic heterocycles. The standard InChI is InChI=1S/C15H12F3NOS/c16-15(17,18)12-3-5-13(6-4-12)20-10-14-11(2-1-8-19)7-9-21-14/h3-7,9H,8,10,19H2. The van der Waals surface area contributed by atoms with E-state index in [0.717, 1.165) is 22.6 Å². The van der Waals surface area contributed by atoms with Gasteiger partial charge in [-0.2, -0.15) is 13.2 Å². The Morgan fingerprint density at radius 2 is 1.86 bits per heavy atom. The fourth-order valence-electron chi connectivity index (χ4n) is 1.60. The molecule has 0 atom stereocenters. The molecule has 1 heterocycles. The molecular weight excluding hydrogens is 299 g/mol. The average molecular weight is 311 g/mol. The number of thiophene rings is 1. The lowest BCUT2D eigenvalue weighted by molar-refractivity contribution is -0.137. The van der Waals surface area contributed by atoms with Gasteiger partial charge in [0, 0.05) is 5.56 Å². The molecule has 0 saturated carbocycles. The molecule has 0 radical (unpaired) electrons. The van der Waals surface area contributed by atoms with Crippen LogP contribution in [0.15, 0.2) is 35.7 Å². The Morgan fingerprint density at radius 3 is 2.48 bits per heavy atom. The highest BCUT2D eigenvalue weighted by Gasteiger charge is 2.29. The van der Waals surface area contributed by atoms with E-state index in [1.54, 1.807) is 0 Å². The third-order valence-electron chi connectivity index (χ3n) is 2.62. The lowest BCUT2D eigenvalue weighted by Gasteiger charge is -2.08. The number of hydrogen-bond acceptors (Lipinski definition) is 3. The zero-order valence-electron chi connectivity index (χ0n) is 10.9. The van der Waals surface area contributed by atoms with Crippen molar-refractivity contribution in [3.63, 3.8) is 0 Å². The van der Waals surface area contributed by atoms with Crippen LogP contribution < -0.4 is 10.5 Å². The molecule has 110 valence electrons. The topological polar surface area (TPSA) is 35.2 Å². The second kappa shape index (κ2) is 6.66. The van der Waals surface area contributed by atoms with E-state index >= 15 is 0 Å². The summed E-state index contributed by atoms with van der Waals surface area (Å²) in [6.45, 7) is 0.534. The molecule has 0 aliphatic carbocycles.